The third-order valence-corrected chi connectivity index (χ3v) is 4.77. The van der Waals surface area contributed by atoms with Crippen LogP contribution < -0.4 is 0 Å². The lowest BCUT2D eigenvalue weighted by molar-refractivity contribution is -0.160. The number of carbonyl (C=O) groups is 4. The molecule has 1 aliphatic rings. The third-order valence-electron chi connectivity index (χ3n) is 4.77. The minimum absolute atomic E-state index is 0.0292. The summed E-state index contributed by atoms with van der Waals surface area (Å²) in [6, 6.07) is 7.17. The summed E-state index contributed by atoms with van der Waals surface area (Å²) in [5.74, 6) is -4.13. The topological polar surface area (TPSA) is 121 Å². The zero-order chi connectivity index (χ0) is 22.3. The first kappa shape index (κ1) is 22.9. The van der Waals surface area contributed by atoms with Gasteiger partial charge < -0.3 is 18.9 Å². The monoisotopic (exact) mass is 420 g/mol. The molecule has 0 spiro atoms. The summed E-state index contributed by atoms with van der Waals surface area (Å²) < 4.78 is 19.1. The molecule has 1 heterocycles. The largest absolute Gasteiger partial charge is 0.468 e. The molecule has 0 N–H and O–H groups in total. The second-order valence-corrected chi connectivity index (χ2v) is 6.42. The van der Waals surface area contributed by atoms with Crippen molar-refractivity contribution in [1.82, 2.24) is 5.01 Å². The fraction of sp³-hybridized carbons (Fsp3) is 0.450. The van der Waals surface area contributed by atoms with Crippen LogP contribution in [0.15, 0.2) is 35.4 Å². The van der Waals surface area contributed by atoms with Crippen molar-refractivity contribution in [3.05, 3.63) is 35.9 Å². The van der Waals surface area contributed by atoms with Crippen molar-refractivity contribution in [3.63, 3.8) is 0 Å². The zero-order valence-electron chi connectivity index (χ0n) is 17.2. The number of methoxy groups -OCH3 is 4. The summed E-state index contributed by atoms with van der Waals surface area (Å²) in [6.45, 7) is 0. The minimum atomic E-state index is -1.26. The summed E-state index contributed by atoms with van der Waals surface area (Å²) in [7, 11) is 4.76. The van der Waals surface area contributed by atoms with Gasteiger partial charge in [-0.2, -0.15) is 5.10 Å². The molecule has 2 atom stereocenters. The van der Waals surface area contributed by atoms with Gasteiger partial charge in [0.1, 0.15) is 5.71 Å². The fourth-order valence-electron chi connectivity index (χ4n) is 3.25. The van der Waals surface area contributed by atoms with Crippen LogP contribution in [0.1, 0.15) is 24.4 Å². The highest BCUT2D eigenvalue weighted by Gasteiger charge is 2.43. The van der Waals surface area contributed by atoms with E-state index in [0.29, 0.717) is 5.56 Å². The Balaban J connectivity index is 2.52. The maximum absolute atomic E-state index is 12.4. The quantitative estimate of drug-likeness (QED) is 0.342. The smallest absolute Gasteiger partial charge is 0.354 e. The second kappa shape index (κ2) is 10.4. The number of hydrogen-bond donors (Lipinski definition) is 0. The van der Waals surface area contributed by atoms with Crippen LogP contribution >= 0.6 is 0 Å². The van der Waals surface area contributed by atoms with Gasteiger partial charge >= 0.3 is 23.9 Å². The van der Waals surface area contributed by atoms with E-state index in [4.69, 9.17) is 18.9 Å². The molecule has 0 saturated carbocycles. The summed E-state index contributed by atoms with van der Waals surface area (Å²) in [6.07, 6.45) is -0.140. The van der Waals surface area contributed by atoms with Crippen LogP contribution in [0.3, 0.4) is 0 Å². The zero-order valence-corrected chi connectivity index (χ0v) is 17.2. The maximum atomic E-state index is 12.4. The lowest BCUT2D eigenvalue weighted by Crippen LogP contribution is -2.40. The molecule has 162 valence electrons. The molecule has 2 rings (SSSR count). The Hall–Kier alpha value is -3.43. The predicted molar refractivity (Wildman–Crippen MR) is 103 cm³/mol. The molecule has 1 aromatic rings. The molecule has 0 bridgehead atoms. The van der Waals surface area contributed by atoms with Gasteiger partial charge in [0.15, 0.2) is 12.0 Å². The van der Waals surface area contributed by atoms with Crippen molar-refractivity contribution in [2.45, 2.75) is 24.9 Å². The second-order valence-electron chi connectivity index (χ2n) is 6.42. The molecule has 0 unspecified atom stereocenters. The van der Waals surface area contributed by atoms with E-state index in [1.54, 1.807) is 30.3 Å². The van der Waals surface area contributed by atoms with Crippen molar-refractivity contribution >= 4 is 29.6 Å². The molecule has 0 saturated heterocycles. The first-order valence-corrected chi connectivity index (χ1v) is 9.10. The van der Waals surface area contributed by atoms with Gasteiger partial charge in [0.2, 0.25) is 0 Å². The predicted octanol–water partition coefficient (Wildman–Crippen LogP) is 0.856. The number of ether oxygens (including phenoxy) is 4. The van der Waals surface area contributed by atoms with Gasteiger partial charge in [0.05, 0.1) is 34.5 Å². The number of rotatable bonds is 8. The molecule has 10 nitrogen and oxygen atoms in total. The molecule has 0 aliphatic carbocycles. The van der Waals surface area contributed by atoms with Gasteiger partial charge in [-0.25, -0.2) is 9.59 Å². The fourth-order valence-corrected chi connectivity index (χ4v) is 3.25. The van der Waals surface area contributed by atoms with Crippen LogP contribution in [0.5, 0.6) is 0 Å². The summed E-state index contributed by atoms with van der Waals surface area (Å²) >= 11 is 0. The SMILES string of the molecule is COC(=O)C1=NN([C@@H](CC(C(=O)OC)C(=O)OC)c2ccccc2)[C@@H](C(=O)OC)C1. The molecule has 1 aromatic carbocycles. The van der Waals surface area contributed by atoms with Crippen LogP contribution in [0.4, 0.5) is 0 Å². The standard InChI is InChI=1S/C20H24N2O8/c1-27-17(23)13(18(24)28-2)10-15(12-8-6-5-7-9-12)22-16(20(26)30-4)11-14(21-22)19(25)29-3/h5-9,13,15-16H,10-11H2,1-4H3/t15-,16+/m0/s1. The van der Waals surface area contributed by atoms with E-state index in [-0.39, 0.29) is 18.6 Å². The Bertz CT molecular complexity index is 807. The number of nitrogens with zero attached hydrogens (tertiary/aromatic N) is 2. The highest BCUT2D eigenvalue weighted by atomic mass is 16.5. The molecule has 10 heteroatoms. The van der Waals surface area contributed by atoms with Crippen LogP contribution in [-0.2, 0) is 38.1 Å². The third kappa shape index (κ3) is 4.94. The van der Waals surface area contributed by atoms with Crippen LogP contribution in [0.25, 0.3) is 0 Å². The van der Waals surface area contributed by atoms with Gasteiger partial charge in [0.25, 0.3) is 0 Å². The highest BCUT2D eigenvalue weighted by Crippen LogP contribution is 2.35. The van der Waals surface area contributed by atoms with E-state index in [1.165, 1.54) is 19.2 Å². The minimum Gasteiger partial charge on any atom is -0.468 e. The molecule has 0 fully saturated rings. The molecule has 0 radical (unpaired) electrons. The van der Waals surface area contributed by atoms with Gasteiger partial charge in [-0.05, 0) is 12.0 Å². The van der Waals surface area contributed by atoms with Gasteiger partial charge in [-0.1, -0.05) is 30.3 Å². The van der Waals surface area contributed by atoms with E-state index in [9.17, 15) is 19.2 Å². The maximum Gasteiger partial charge on any atom is 0.354 e. The molecular weight excluding hydrogens is 396 g/mol. The molecule has 0 amide bonds. The Morgan fingerprint density at radius 2 is 1.57 bits per heavy atom. The lowest BCUT2D eigenvalue weighted by Gasteiger charge is -2.32. The molecule has 0 aromatic heterocycles. The van der Waals surface area contributed by atoms with Gasteiger partial charge in [-0.15, -0.1) is 0 Å². The van der Waals surface area contributed by atoms with Crippen LogP contribution in [0, 0.1) is 5.92 Å². The lowest BCUT2D eigenvalue weighted by atomic mass is 9.93. The first-order valence-electron chi connectivity index (χ1n) is 9.10. The Labute approximate surface area is 173 Å². The van der Waals surface area contributed by atoms with E-state index >= 15 is 0 Å². The molecule has 1 aliphatic heterocycles. The molecule has 30 heavy (non-hydrogen) atoms. The normalized spacial score (nSPS) is 16.5. The number of hydrogen-bond acceptors (Lipinski definition) is 10. The van der Waals surface area contributed by atoms with Crippen molar-refractivity contribution in [2.75, 3.05) is 28.4 Å². The van der Waals surface area contributed by atoms with Crippen LogP contribution in [0.2, 0.25) is 0 Å². The average Bonchev–Trinajstić information content (AvgIpc) is 3.23. The van der Waals surface area contributed by atoms with Gasteiger partial charge in [0, 0.05) is 6.42 Å². The first-order chi connectivity index (χ1) is 14.4. The van der Waals surface area contributed by atoms with E-state index < -0.39 is 41.9 Å². The van der Waals surface area contributed by atoms with Crippen molar-refractivity contribution in [2.24, 2.45) is 11.0 Å². The van der Waals surface area contributed by atoms with Crippen molar-refractivity contribution < 1.29 is 38.1 Å². The Morgan fingerprint density at radius 3 is 2.07 bits per heavy atom. The highest BCUT2D eigenvalue weighted by molar-refractivity contribution is 6.37. The number of benzene rings is 1. The van der Waals surface area contributed by atoms with Gasteiger partial charge in [-0.3, -0.25) is 14.6 Å². The van der Waals surface area contributed by atoms with Crippen molar-refractivity contribution in [3.8, 4) is 0 Å². The summed E-state index contributed by atoms with van der Waals surface area (Å²) in [4.78, 5) is 48.9. The Morgan fingerprint density at radius 1 is 0.967 bits per heavy atom. The van der Waals surface area contributed by atoms with E-state index in [0.717, 1.165) is 14.2 Å². The van der Waals surface area contributed by atoms with E-state index in [2.05, 4.69) is 5.10 Å². The Kier molecular flexibility index (Phi) is 7.90. The van der Waals surface area contributed by atoms with E-state index in [1.807, 2.05) is 0 Å². The number of hydrazone groups is 1. The summed E-state index contributed by atoms with van der Waals surface area (Å²) in [5.41, 5.74) is 0.695. The van der Waals surface area contributed by atoms with Crippen LogP contribution in [-0.4, -0.2) is 69.1 Å². The van der Waals surface area contributed by atoms with Crippen molar-refractivity contribution in [1.29, 1.82) is 0 Å². The average molecular weight is 420 g/mol. The molecular formula is C20H24N2O8. The number of esters is 4. The number of carbonyl (C=O) groups excluding carboxylic acids is 4. The summed E-state index contributed by atoms with van der Waals surface area (Å²) in [5, 5.41) is 5.65.